The monoisotopic (exact) mass is 594 g/mol. The first-order valence-corrected chi connectivity index (χ1v) is 15.8. The van der Waals surface area contributed by atoms with Gasteiger partial charge in [0.1, 0.15) is 0 Å². The van der Waals surface area contributed by atoms with Gasteiger partial charge < -0.3 is 9.64 Å². The van der Waals surface area contributed by atoms with Gasteiger partial charge in [-0.1, -0.05) is 31.2 Å². The van der Waals surface area contributed by atoms with E-state index >= 15 is 0 Å². The standard InChI is InChI=1S/C24H29F3N2O6S3/c1-2-19-15-29(10-11-35-19)23(30)13-17(16-36-20-6-4-3-5-7-20)12-18-8-9-21(38(28,33)34)14-22(18)37(31,32)24(25,26)27/h3-9,14,17,19H,2,10-13,15-16H2,1H3,(H2,28,33,34)/t17-,19-/m1/s1. The number of benzene rings is 2. The minimum Gasteiger partial charge on any atom is -0.375 e. The van der Waals surface area contributed by atoms with Gasteiger partial charge in [0.15, 0.2) is 0 Å². The fraction of sp³-hybridized carbons (Fsp3) is 0.458. The molecule has 1 aliphatic heterocycles. The molecule has 2 aromatic carbocycles. The third-order valence-corrected chi connectivity index (χ3v) is 9.83. The predicted octanol–water partition coefficient (Wildman–Crippen LogP) is 3.61. The lowest BCUT2D eigenvalue weighted by Crippen LogP contribution is -2.46. The van der Waals surface area contributed by atoms with Crippen LogP contribution in [0, 0.1) is 5.92 Å². The Balaban J connectivity index is 1.95. The van der Waals surface area contributed by atoms with Crippen LogP contribution in [0.15, 0.2) is 63.2 Å². The van der Waals surface area contributed by atoms with E-state index in [2.05, 4.69) is 0 Å². The number of sulfonamides is 1. The van der Waals surface area contributed by atoms with E-state index in [1.807, 2.05) is 37.3 Å². The number of morpholine rings is 1. The zero-order valence-corrected chi connectivity index (χ0v) is 23.0. The van der Waals surface area contributed by atoms with Crippen LogP contribution in [0.2, 0.25) is 0 Å². The van der Waals surface area contributed by atoms with Crippen LogP contribution in [-0.4, -0.2) is 64.7 Å². The second-order valence-corrected chi connectivity index (χ2v) is 13.5. The van der Waals surface area contributed by atoms with Gasteiger partial charge in [-0.2, -0.15) is 13.2 Å². The maximum absolute atomic E-state index is 13.5. The molecule has 3 rings (SSSR count). The highest BCUT2D eigenvalue weighted by Crippen LogP contribution is 2.35. The highest BCUT2D eigenvalue weighted by Gasteiger charge is 2.48. The predicted molar refractivity (Wildman–Crippen MR) is 137 cm³/mol. The Morgan fingerprint density at radius 3 is 2.45 bits per heavy atom. The highest BCUT2D eigenvalue weighted by molar-refractivity contribution is 7.99. The third kappa shape index (κ3) is 7.72. The number of ether oxygens (including phenoxy) is 1. The van der Waals surface area contributed by atoms with Crippen LogP contribution in [0.3, 0.4) is 0 Å². The van der Waals surface area contributed by atoms with Crippen LogP contribution in [0.5, 0.6) is 0 Å². The number of rotatable bonds is 10. The van der Waals surface area contributed by atoms with Crippen molar-refractivity contribution < 1.29 is 39.5 Å². The number of hydrogen-bond donors (Lipinski definition) is 1. The largest absolute Gasteiger partial charge is 0.501 e. The van der Waals surface area contributed by atoms with E-state index in [1.54, 1.807) is 4.90 Å². The molecule has 14 heteroatoms. The van der Waals surface area contributed by atoms with Gasteiger partial charge in [-0.05, 0) is 48.6 Å². The summed E-state index contributed by atoms with van der Waals surface area (Å²) in [5.74, 6) is -0.468. The fourth-order valence-corrected chi connectivity index (χ4v) is 6.71. The van der Waals surface area contributed by atoms with E-state index in [0.29, 0.717) is 37.9 Å². The molecule has 1 aliphatic rings. The summed E-state index contributed by atoms with van der Waals surface area (Å²) in [5.41, 5.74) is -5.90. The van der Waals surface area contributed by atoms with Crippen LogP contribution in [0.1, 0.15) is 25.3 Å². The van der Waals surface area contributed by atoms with Gasteiger partial charge in [-0.25, -0.2) is 22.0 Å². The van der Waals surface area contributed by atoms with E-state index < -0.39 is 41.1 Å². The van der Waals surface area contributed by atoms with Crippen molar-refractivity contribution in [2.75, 3.05) is 25.4 Å². The average molecular weight is 595 g/mol. The zero-order valence-electron chi connectivity index (χ0n) is 20.6. The fourth-order valence-electron chi connectivity index (χ4n) is 4.06. The molecule has 0 aliphatic carbocycles. The SMILES string of the molecule is CC[C@@H]1CN(C(=O)C[C@H](CSc2ccccc2)Cc2ccc(S(N)(=O)=O)cc2S(=O)(=O)C(F)(F)F)CCO1. The van der Waals surface area contributed by atoms with E-state index in [0.717, 1.165) is 17.0 Å². The van der Waals surface area contributed by atoms with Crippen molar-refractivity contribution in [2.24, 2.45) is 11.1 Å². The molecular weight excluding hydrogens is 565 g/mol. The van der Waals surface area contributed by atoms with Crippen LogP contribution in [-0.2, 0) is 35.8 Å². The molecule has 0 unspecified atom stereocenters. The first kappa shape index (κ1) is 30.4. The Kier molecular flexibility index (Phi) is 9.90. The topological polar surface area (TPSA) is 124 Å². The summed E-state index contributed by atoms with van der Waals surface area (Å²) in [5, 5.41) is 5.04. The minimum absolute atomic E-state index is 0.0429. The number of hydrogen-bond acceptors (Lipinski definition) is 7. The Bertz CT molecular complexity index is 1340. The Hall–Kier alpha value is -2.13. The molecule has 2 N–H and O–H groups in total. The molecule has 8 nitrogen and oxygen atoms in total. The zero-order chi connectivity index (χ0) is 28.1. The first-order valence-electron chi connectivity index (χ1n) is 11.8. The molecule has 1 saturated heterocycles. The van der Waals surface area contributed by atoms with Crippen LogP contribution < -0.4 is 5.14 Å². The van der Waals surface area contributed by atoms with E-state index in [4.69, 9.17) is 9.88 Å². The van der Waals surface area contributed by atoms with Gasteiger partial charge >= 0.3 is 5.51 Å². The number of carbonyl (C=O) groups excluding carboxylic acids is 1. The lowest BCUT2D eigenvalue weighted by molar-refractivity contribution is -0.139. The number of sulfone groups is 1. The van der Waals surface area contributed by atoms with E-state index in [1.165, 1.54) is 11.8 Å². The summed E-state index contributed by atoms with van der Waals surface area (Å²) in [6.45, 7) is 3.08. The molecule has 0 bridgehead atoms. The third-order valence-electron chi connectivity index (χ3n) is 6.11. The molecule has 0 spiro atoms. The van der Waals surface area contributed by atoms with Crippen molar-refractivity contribution in [1.82, 2.24) is 4.90 Å². The Morgan fingerprint density at radius 2 is 1.84 bits per heavy atom. The molecule has 1 amide bonds. The van der Waals surface area contributed by atoms with Gasteiger partial charge in [0.2, 0.25) is 15.9 Å². The van der Waals surface area contributed by atoms with Crippen LogP contribution in [0.4, 0.5) is 13.2 Å². The van der Waals surface area contributed by atoms with E-state index in [-0.39, 0.29) is 30.4 Å². The number of nitrogens with zero attached hydrogens (tertiary/aromatic N) is 1. The molecule has 0 saturated carbocycles. The molecular formula is C24H29F3N2O6S3. The number of halogens is 3. The Labute approximate surface area is 224 Å². The molecule has 38 heavy (non-hydrogen) atoms. The number of amides is 1. The van der Waals surface area contributed by atoms with Crippen molar-refractivity contribution in [3.8, 4) is 0 Å². The number of primary sulfonamides is 1. The van der Waals surface area contributed by atoms with Crippen molar-refractivity contribution in [2.45, 2.75) is 52.5 Å². The normalized spacial score (nSPS) is 17.8. The Morgan fingerprint density at radius 1 is 1.16 bits per heavy atom. The van der Waals surface area contributed by atoms with Gasteiger partial charge in [0, 0.05) is 30.2 Å². The maximum Gasteiger partial charge on any atom is 0.501 e. The quantitative estimate of drug-likeness (QED) is 0.417. The maximum atomic E-state index is 13.5. The van der Waals surface area contributed by atoms with Gasteiger partial charge in [0.25, 0.3) is 9.84 Å². The smallest absolute Gasteiger partial charge is 0.375 e. The summed E-state index contributed by atoms with van der Waals surface area (Å²) < 4.78 is 94.5. The van der Waals surface area contributed by atoms with Crippen molar-refractivity contribution in [3.05, 3.63) is 54.1 Å². The van der Waals surface area contributed by atoms with Gasteiger partial charge in [-0.15, -0.1) is 11.8 Å². The average Bonchev–Trinajstić information content (AvgIpc) is 2.86. The van der Waals surface area contributed by atoms with Crippen LogP contribution in [0.25, 0.3) is 0 Å². The lowest BCUT2D eigenvalue weighted by Gasteiger charge is -2.33. The van der Waals surface area contributed by atoms with Crippen LogP contribution >= 0.6 is 11.8 Å². The molecule has 2 aromatic rings. The van der Waals surface area contributed by atoms with Crippen molar-refractivity contribution in [3.63, 3.8) is 0 Å². The second kappa shape index (κ2) is 12.4. The summed E-state index contributed by atoms with van der Waals surface area (Å²) in [6, 6.07) is 11.6. The van der Waals surface area contributed by atoms with E-state index in [9.17, 15) is 34.8 Å². The van der Waals surface area contributed by atoms with Crippen molar-refractivity contribution >= 4 is 37.5 Å². The van der Waals surface area contributed by atoms with Gasteiger partial charge in [0.05, 0.1) is 22.5 Å². The molecule has 1 heterocycles. The molecule has 210 valence electrons. The molecule has 0 aromatic heterocycles. The molecule has 1 fully saturated rings. The lowest BCUT2D eigenvalue weighted by atomic mass is 9.97. The summed E-state index contributed by atoms with van der Waals surface area (Å²) in [7, 11) is -10.4. The molecule has 0 radical (unpaired) electrons. The minimum atomic E-state index is -5.90. The number of nitrogens with two attached hydrogens (primary N) is 1. The first-order chi connectivity index (χ1) is 17.7. The highest BCUT2D eigenvalue weighted by atomic mass is 32.2. The molecule has 2 atom stereocenters. The second-order valence-electron chi connectivity index (χ2n) is 8.90. The summed E-state index contributed by atoms with van der Waals surface area (Å²) in [4.78, 5) is 13.7. The summed E-state index contributed by atoms with van der Waals surface area (Å²) >= 11 is 1.38. The summed E-state index contributed by atoms with van der Waals surface area (Å²) in [6.07, 6.45) is 0.354. The number of thioether (sulfide) groups is 1. The number of alkyl halides is 3. The number of carbonyl (C=O) groups is 1. The van der Waals surface area contributed by atoms with Crippen molar-refractivity contribution in [1.29, 1.82) is 0 Å². The van der Waals surface area contributed by atoms with Gasteiger partial charge in [-0.3, -0.25) is 4.79 Å².